The van der Waals surface area contributed by atoms with Crippen LogP contribution in [0, 0.1) is 5.92 Å². The Morgan fingerprint density at radius 3 is 2.00 bits per heavy atom. The molecule has 0 amide bonds. The third-order valence-corrected chi connectivity index (χ3v) is 2.54. The molecule has 0 aliphatic carbocycles. The SMILES string of the molecule is CC(C)C(C)(C)OCOC(C)(C)C=O. The number of rotatable bonds is 6. The third kappa shape index (κ3) is 4.72. The molecule has 0 aliphatic heterocycles. The van der Waals surface area contributed by atoms with Gasteiger partial charge in [0.15, 0.2) is 6.29 Å². The molecule has 0 aromatic rings. The van der Waals surface area contributed by atoms with Crippen LogP contribution in [0.15, 0.2) is 0 Å². The molecule has 0 aliphatic rings. The Kier molecular flexibility index (Phi) is 4.75. The normalized spacial score (nSPS) is 13.4. The highest BCUT2D eigenvalue weighted by Crippen LogP contribution is 2.20. The minimum absolute atomic E-state index is 0.150. The molecule has 0 unspecified atom stereocenters. The van der Waals surface area contributed by atoms with E-state index in [1.54, 1.807) is 13.8 Å². The van der Waals surface area contributed by atoms with Crippen LogP contribution in [-0.4, -0.2) is 24.3 Å². The fourth-order valence-corrected chi connectivity index (χ4v) is 0.534. The Balaban J connectivity index is 3.91. The lowest BCUT2D eigenvalue weighted by Crippen LogP contribution is -2.35. The monoisotopic (exact) mass is 202 g/mol. The van der Waals surface area contributed by atoms with Crippen molar-refractivity contribution in [2.45, 2.75) is 52.7 Å². The van der Waals surface area contributed by atoms with Crippen LogP contribution < -0.4 is 0 Å². The Hall–Kier alpha value is -0.410. The van der Waals surface area contributed by atoms with Crippen LogP contribution in [0.2, 0.25) is 0 Å². The van der Waals surface area contributed by atoms with E-state index >= 15 is 0 Å². The molecule has 0 aromatic carbocycles. The molecule has 0 N–H and O–H groups in total. The molecule has 0 aromatic heterocycles. The Bertz CT molecular complexity index is 183. The van der Waals surface area contributed by atoms with E-state index in [-0.39, 0.29) is 12.4 Å². The van der Waals surface area contributed by atoms with E-state index < -0.39 is 5.60 Å². The van der Waals surface area contributed by atoms with Gasteiger partial charge in [0.25, 0.3) is 0 Å². The van der Waals surface area contributed by atoms with Gasteiger partial charge in [0.1, 0.15) is 12.4 Å². The van der Waals surface area contributed by atoms with Gasteiger partial charge in [-0.15, -0.1) is 0 Å². The molecule has 0 saturated heterocycles. The summed E-state index contributed by atoms with van der Waals surface area (Å²) < 4.78 is 10.8. The van der Waals surface area contributed by atoms with Gasteiger partial charge in [-0.3, -0.25) is 0 Å². The van der Waals surface area contributed by atoms with Crippen molar-refractivity contribution in [3.63, 3.8) is 0 Å². The van der Waals surface area contributed by atoms with Crippen LogP contribution in [-0.2, 0) is 14.3 Å². The molecule has 0 bridgehead atoms. The van der Waals surface area contributed by atoms with Crippen molar-refractivity contribution in [1.29, 1.82) is 0 Å². The summed E-state index contributed by atoms with van der Waals surface area (Å²) in [6, 6.07) is 0. The molecule has 14 heavy (non-hydrogen) atoms. The number of carbonyl (C=O) groups is 1. The summed E-state index contributed by atoms with van der Waals surface area (Å²) in [5.41, 5.74) is -0.980. The molecule has 0 spiro atoms. The Morgan fingerprint density at radius 1 is 1.14 bits per heavy atom. The van der Waals surface area contributed by atoms with Gasteiger partial charge in [0.05, 0.1) is 5.60 Å². The summed E-state index contributed by atoms with van der Waals surface area (Å²) in [6.07, 6.45) is 0.777. The Morgan fingerprint density at radius 2 is 1.64 bits per heavy atom. The first-order chi connectivity index (χ1) is 6.21. The first kappa shape index (κ1) is 13.6. The maximum absolute atomic E-state index is 10.5. The maximum atomic E-state index is 10.5. The van der Waals surface area contributed by atoms with Gasteiger partial charge in [-0.05, 0) is 33.6 Å². The summed E-state index contributed by atoms with van der Waals surface area (Å²) >= 11 is 0. The van der Waals surface area contributed by atoms with Crippen LogP contribution in [0.3, 0.4) is 0 Å². The van der Waals surface area contributed by atoms with Gasteiger partial charge < -0.3 is 14.3 Å². The molecule has 0 rings (SSSR count). The molecule has 84 valence electrons. The second kappa shape index (κ2) is 4.89. The van der Waals surface area contributed by atoms with Crippen molar-refractivity contribution < 1.29 is 14.3 Å². The summed E-state index contributed by atoms with van der Waals surface area (Å²) in [5.74, 6) is 0.408. The molecular formula is C11H22O3. The van der Waals surface area contributed by atoms with Gasteiger partial charge >= 0.3 is 0 Å². The van der Waals surface area contributed by atoms with Crippen LogP contribution in [0.1, 0.15) is 41.5 Å². The molecule has 0 atom stereocenters. The highest BCUT2D eigenvalue weighted by molar-refractivity contribution is 5.60. The average molecular weight is 202 g/mol. The number of hydrogen-bond acceptors (Lipinski definition) is 3. The number of carbonyl (C=O) groups excluding carboxylic acids is 1. The Labute approximate surface area is 86.8 Å². The van der Waals surface area contributed by atoms with Crippen molar-refractivity contribution in [1.82, 2.24) is 0 Å². The van der Waals surface area contributed by atoms with Crippen LogP contribution >= 0.6 is 0 Å². The minimum atomic E-state index is -0.757. The third-order valence-electron chi connectivity index (χ3n) is 2.54. The zero-order chi connectivity index (χ0) is 11.4. The van der Waals surface area contributed by atoms with Crippen LogP contribution in [0.25, 0.3) is 0 Å². The van der Waals surface area contributed by atoms with E-state index in [4.69, 9.17) is 9.47 Å². The quantitative estimate of drug-likeness (QED) is 0.490. The largest absolute Gasteiger partial charge is 0.349 e. The predicted molar refractivity (Wildman–Crippen MR) is 56.1 cm³/mol. The predicted octanol–water partition coefficient (Wildman–Crippen LogP) is 2.39. The smallest absolute Gasteiger partial charge is 0.151 e. The van der Waals surface area contributed by atoms with Gasteiger partial charge in [-0.25, -0.2) is 0 Å². The van der Waals surface area contributed by atoms with E-state index in [2.05, 4.69) is 13.8 Å². The van der Waals surface area contributed by atoms with Crippen molar-refractivity contribution >= 4 is 6.29 Å². The topological polar surface area (TPSA) is 35.5 Å². The van der Waals surface area contributed by atoms with Crippen molar-refractivity contribution in [2.24, 2.45) is 5.92 Å². The first-order valence-corrected chi connectivity index (χ1v) is 4.95. The lowest BCUT2D eigenvalue weighted by molar-refractivity contribution is -0.184. The second-order valence-electron chi connectivity index (χ2n) is 4.89. The maximum Gasteiger partial charge on any atom is 0.151 e. The molecule has 3 nitrogen and oxygen atoms in total. The fourth-order valence-electron chi connectivity index (χ4n) is 0.534. The fraction of sp³-hybridized carbons (Fsp3) is 0.909. The van der Waals surface area contributed by atoms with Crippen LogP contribution in [0.4, 0.5) is 0 Å². The number of aldehydes is 1. The number of hydrogen-bond donors (Lipinski definition) is 0. The highest BCUT2D eigenvalue weighted by Gasteiger charge is 2.24. The summed E-state index contributed by atoms with van der Waals surface area (Å²) in [5, 5.41) is 0. The molecule has 0 radical (unpaired) electrons. The van der Waals surface area contributed by atoms with Gasteiger partial charge in [0.2, 0.25) is 0 Å². The molecule has 0 saturated carbocycles. The van der Waals surface area contributed by atoms with E-state index in [0.717, 1.165) is 6.29 Å². The zero-order valence-electron chi connectivity index (χ0n) is 10.1. The summed E-state index contributed by atoms with van der Waals surface area (Å²) in [4.78, 5) is 10.5. The first-order valence-electron chi connectivity index (χ1n) is 4.95. The standard InChI is InChI=1S/C11H22O3/c1-9(2)11(5,6)14-8-13-10(3,4)7-12/h7,9H,8H2,1-6H3. The highest BCUT2D eigenvalue weighted by atomic mass is 16.7. The molecular weight excluding hydrogens is 180 g/mol. The summed E-state index contributed by atoms with van der Waals surface area (Å²) in [7, 11) is 0. The second-order valence-corrected chi connectivity index (χ2v) is 4.89. The minimum Gasteiger partial charge on any atom is -0.349 e. The van der Waals surface area contributed by atoms with Crippen molar-refractivity contribution in [3.05, 3.63) is 0 Å². The van der Waals surface area contributed by atoms with Gasteiger partial charge in [-0.1, -0.05) is 13.8 Å². The van der Waals surface area contributed by atoms with Crippen LogP contribution in [0.5, 0.6) is 0 Å². The van der Waals surface area contributed by atoms with Crippen molar-refractivity contribution in [3.8, 4) is 0 Å². The van der Waals surface area contributed by atoms with Gasteiger partial charge in [-0.2, -0.15) is 0 Å². The lowest BCUT2D eigenvalue weighted by Gasteiger charge is -2.30. The summed E-state index contributed by atoms with van der Waals surface area (Å²) in [6.45, 7) is 11.8. The van der Waals surface area contributed by atoms with Gasteiger partial charge in [0, 0.05) is 0 Å². The molecule has 0 heterocycles. The average Bonchev–Trinajstić information content (AvgIpc) is 2.03. The molecule has 0 fully saturated rings. The van der Waals surface area contributed by atoms with E-state index in [0.29, 0.717) is 5.92 Å². The number of ether oxygens (including phenoxy) is 2. The van der Waals surface area contributed by atoms with E-state index in [1.807, 2.05) is 13.8 Å². The van der Waals surface area contributed by atoms with E-state index in [1.165, 1.54) is 0 Å². The molecule has 3 heteroatoms. The lowest BCUT2D eigenvalue weighted by atomic mass is 9.95. The zero-order valence-corrected chi connectivity index (χ0v) is 10.1. The van der Waals surface area contributed by atoms with Crippen molar-refractivity contribution in [2.75, 3.05) is 6.79 Å². The van der Waals surface area contributed by atoms with E-state index in [9.17, 15) is 4.79 Å².